The normalized spacial score (nSPS) is 10.0. The Morgan fingerprint density at radius 1 is 1.28 bits per heavy atom. The van der Waals surface area contributed by atoms with Crippen molar-refractivity contribution in [1.82, 2.24) is 4.90 Å². The molecule has 0 unspecified atom stereocenters. The van der Waals surface area contributed by atoms with Gasteiger partial charge in [0.1, 0.15) is 0 Å². The average molecular weight is 313 g/mol. The molecule has 0 radical (unpaired) electrons. The van der Waals surface area contributed by atoms with Gasteiger partial charge in [-0.2, -0.15) is 0 Å². The number of nitrogens with zero attached hydrogens (tertiary/aromatic N) is 1. The number of carbonyl (C=O) groups excluding carboxylic acids is 2. The number of hydrogen-bond acceptors (Lipinski definition) is 2. The quantitative estimate of drug-likeness (QED) is 0.872. The molecule has 1 N–H and O–H groups in total. The number of halogens is 1. The summed E-state index contributed by atoms with van der Waals surface area (Å²) in [6.45, 7) is 6.70. The van der Waals surface area contributed by atoms with Crippen molar-refractivity contribution in [3.63, 3.8) is 0 Å². The molecule has 0 spiro atoms. The highest BCUT2D eigenvalue weighted by Crippen LogP contribution is 2.20. The average Bonchev–Trinajstić information content (AvgIpc) is 2.35. The summed E-state index contributed by atoms with van der Waals surface area (Å²) in [6, 6.07) is 5.43. The van der Waals surface area contributed by atoms with Crippen LogP contribution in [0.15, 0.2) is 22.7 Å². The molecule has 1 rings (SSSR count). The summed E-state index contributed by atoms with van der Waals surface area (Å²) in [7, 11) is 0. The van der Waals surface area contributed by atoms with Gasteiger partial charge in [0.15, 0.2) is 0 Å². The Bertz CT molecular complexity index is 456. The molecule has 98 valence electrons. The molecule has 2 amide bonds. The molecule has 1 aromatic rings. The smallest absolute Gasteiger partial charge is 0.313 e. The van der Waals surface area contributed by atoms with Gasteiger partial charge in [-0.15, -0.1) is 0 Å². The molecule has 18 heavy (non-hydrogen) atoms. The second-order valence-corrected chi connectivity index (χ2v) is 4.75. The lowest BCUT2D eigenvalue weighted by molar-refractivity contribution is -0.142. The zero-order chi connectivity index (χ0) is 13.7. The molecular formula is C13H17BrN2O2. The number of rotatable bonds is 3. The summed E-state index contributed by atoms with van der Waals surface area (Å²) in [5.41, 5.74) is 1.68. The standard InChI is InChI=1S/C13H17BrN2O2/c1-4-16(5-2)13(18)12(17)15-10-7-6-9(3)11(14)8-10/h6-8H,4-5H2,1-3H3,(H,15,17). The van der Waals surface area contributed by atoms with E-state index in [9.17, 15) is 9.59 Å². The third-order valence-corrected chi connectivity index (χ3v) is 3.53. The minimum Gasteiger partial charge on any atom is -0.335 e. The maximum absolute atomic E-state index is 11.8. The Labute approximate surface area is 115 Å². The number of anilines is 1. The zero-order valence-electron chi connectivity index (χ0n) is 10.8. The molecule has 0 fully saturated rings. The van der Waals surface area contributed by atoms with Crippen LogP contribution in [0.25, 0.3) is 0 Å². The van der Waals surface area contributed by atoms with Crippen LogP contribution in [0.2, 0.25) is 0 Å². The fourth-order valence-electron chi connectivity index (χ4n) is 1.51. The van der Waals surface area contributed by atoms with E-state index in [1.807, 2.05) is 26.8 Å². The van der Waals surface area contributed by atoms with Crippen molar-refractivity contribution < 1.29 is 9.59 Å². The van der Waals surface area contributed by atoms with Gasteiger partial charge in [-0.05, 0) is 38.5 Å². The van der Waals surface area contributed by atoms with Gasteiger partial charge in [-0.1, -0.05) is 22.0 Å². The van der Waals surface area contributed by atoms with Crippen molar-refractivity contribution in [3.05, 3.63) is 28.2 Å². The fourth-order valence-corrected chi connectivity index (χ4v) is 1.89. The Balaban J connectivity index is 2.75. The molecule has 0 bridgehead atoms. The molecule has 0 saturated carbocycles. The number of likely N-dealkylation sites (N-methyl/N-ethyl adjacent to an activating group) is 1. The lowest BCUT2D eigenvalue weighted by Crippen LogP contribution is -2.39. The van der Waals surface area contributed by atoms with Gasteiger partial charge in [0.2, 0.25) is 0 Å². The number of amides is 2. The van der Waals surface area contributed by atoms with E-state index in [1.54, 1.807) is 12.1 Å². The van der Waals surface area contributed by atoms with Crippen molar-refractivity contribution in [2.24, 2.45) is 0 Å². The van der Waals surface area contributed by atoms with E-state index >= 15 is 0 Å². The summed E-state index contributed by atoms with van der Waals surface area (Å²) in [6.07, 6.45) is 0. The van der Waals surface area contributed by atoms with Crippen LogP contribution < -0.4 is 5.32 Å². The number of nitrogens with one attached hydrogen (secondary N) is 1. The van der Waals surface area contributed by atoms with Crippen molar-refractivity contribution in [2.45, 2.75) is 20.8 Å². The molecular weight excluding hydrogens is 296 g/mol. The summed E-state index contributed by atoms with van der Waals surface area (Å²) in [4.78, 5) is 25.0. The number of aryl methyl sites for hydroxylation is 1. The van der Waals surface area contributed by atoms with Gasteiger partial charge in [0, 0.05) is 23.2 Å². The predicted molar refractivity (Wildman–Crippen MR) is 75.4 cm³/mol. The van der Waals surface area contributed by atoms with E-state index in [4.69, 9.17) is 0 Å². The Morgan fingerprint density at radius 2 is 1.89 bits per heavy atom. The fraction of sp³-hybridized carbons (Fsp3) is 0.385. The lowest BCUT2D eigenvalue weighted by Gasteiger charge is -2.17. The van der Waals surface area contributed by atoms with Gasteiger partial charge < -0.3 is 10.2 Å². The summed E-state index contributed by atoms with van der Waals surface area (Å²) < 4.78 is 0.899. The number of benzene rings is 1. The molecule has 0 atom stereocenters. The van der Waals surface area contributed by atoms with E-state index < -0.39 is 11.8 Å². The van der Waals surface area contributed by atoms with Gasteiger partial charge >= 0.3 is 11.8 Å². The first-order chi connectivity index (χ1) is 8.49. The predicted octanol–water partition coefficient (Wildman–Crippen LogP) is 2.56. The highest BCUT2D eigenvalue weighted by Gasteiger charge is 2.19. The van der Waals surface area contributed by atoms with Gasteiger partial charge in [-0.25, -0.2) is 0 Å². The summed E-state index contributed by atoms with van der Waals surface area (Å²) in [5.74, 6) is -1.11. The monoisotopic (exact) mass is 312 g/mol. The van der Waals surface area contributed by atoms with Gasteiger partial charge in [0.25, 0.3) is 0 Å². The molecule has 0 aliphatic heterocycles. The summed E-state index contributed by atoms with van der Waals surface area (Å²) in [5, 5.41) is 2.60. The SMILES string of the molecule is CCN(CC)C(=O)C(=O)Nc1ccc(C)c(Br)c1. The third kappa shape index (κ3) is 3.57. The second kappa shape index (κ2) is 6.54. The van der Waals surface area contributed by atoms with Crippen LogP contribution in [0.4, 0.5) is 5.69 Å². The molecule has 0 aliphatic rings. The first-order valence-electron chi connectivity index (χ1n) is 5.86. The highest BCUT2D eigenvalue weighted by atomic mass is 79.9. The van der Waals surface area contributed by atoms with Crippen LogP contribution in [-0.2, 0) is 9.59 Å². The van der Waals surface area contributed by atoms with Crippen molar-refractivity contribution in [3.8, 4) is 0 Å². The van der Waals surface area contributed by atoms with Crippen LogP contribution in [-0.4, -0.2) is 29.8 Å². The zero-order valence-corrected chi connectivity index (χ0v) is 12.4. The Hall–Kier alpha value is -1.36. The first-order valence-corrected chi connectivity index (χ1v) is 6.65. The minimum absolute atomic E-state index is 0.503. The maximum atomic E-state index is 11.8. The molecule has 5 heteroatoms. The largest absolute Gasteiger partial charge is 0.335 e. The van der Waals surface area contributed by atoms with E-state index in [0.717, 1.165) is 10.0 Å². The van der Waals surface area contributed by atoms with E-state index in [1.165, 1.54) is 4.90 Å². The molecule has 0 saturated heterocycles. The Kier molecular flexibility index (Phi) is 5.34. The minimum atomic E-state index is -0.602. The third-order valence-electron chi connectivity index (χ3n) is 2.67. The molecule has 0 aliphatic carbocycles. The van der Waals surface area contributed by atoms with Crippen molar-refractivity contribution >= 4 is 33.4 Å². The molecule has 0 heterocycles. The van der Waals surface area contributed by atoms with Crippen LogP contribution in [0.5, 0.6) is 0 Å². The van der Waals surface area contributed by atoms with Crippen molar-refractivity contribution in [1.29, 1.82) is 0 Å². The highest BCUT2D eigenvalue weighted by molar-refractivity contribution is 9.10. The van der Waals surface area contributed by atoms with Crippen LogP contribution in [0.3, 0.4) is 0 Å². The van der Waals surface area contributed by atoms with Crippen molar-refractivity contribution in [2.75, 3.05) is 18.4 Å². The van der Waals surface area contributed by atoms with Crippen LogP contribution in [0, 0.1) is 6.92 Å². The first kappa shape index (κ1) is 14.7. The molecule has 0 aromatic heterocycles. The van der Waals surface area contributed by atoms with E-state index in [2.05, 4.69) is 21.2 Å². The topological polar surface area (TPSA) is 49.4 Å². The maximum Gasteiger partial charge on any atom is 0.313 e. The molecule has 4 nitrogen and oxygen atoms in total. The number of carbonyl (C=O) groups is 2. The van der Waals surface area contributed by atoms with E-state index in [0.29, 0.717) is 18.8 Å². The molecule has 1 aromatic carbocycles. The lowest BCUT2D eigenvalue weighted by atomic mass is 10.2. The second-order valence-electron chi connectivity index (χ2n) is 3.90. The number of hydrogen-bond donors (Lipinski definition) is 1. The van der Waals surface area contributed by atoms with Gasteiger partial charge in [-0.3, -0.25) is 9.59 Å². The van der Waals surface area contributed by atoms with Gasteiger partial charge in [0.05, 0.1) is 0 Å². The summed E-state index contributed by atoms with van der Waals surface area (Å²) >= 11 is 3.38. The van der Waals surface area contributed by atoms with Crippen LogP contribution in [0.1, 0.15) is 19.4 Å². The Morgan fingerprint density at radius 3 is 2.39 bits per heavy atom. The van der Waals surface area contributed by atoms with E-state index in [-0.39, 0.29) is 0 Å². The van der Waals surface area contributed by atoms with Crippen LogP contribution >= 0.6 is 15.9 Å².